The van der Waals surface area contributed by atoms with E-state index in [1.807, 2.05) is 0 Å². The van der Waals surface area contributed by atoms with Gasteiger partial charge in [-0.05, 0) is 6.42 Å². The van der Waals surface area contributed by atoms with Crippen molar-refractivity contribution in [3.8, 4) is 0 Å². The van der Waals surface area contributed by atoms with E-state index >= 15 is 0 Å². The zero-order valence-electron chi connectivity index (χ0n) is 7.92. The molecule has 0 saturated carbocycles. The Bertz CT molecular complexity index is 258. The number of carbonyl (C=O) groups is 1. The van der Waals surface area contributed by atoms with Crippen LogP contribution in [0.2, 0.25) is 0 Å². The van der Waals surface area contributed by atoms with Gasteiger partial charge in [0.15, 0.2) is 0 Å². The van der Waals surface area contributed by atoms with E-state index in [1.165, 1.54) is 0 Å². The van der Waals surface area contributed by atoms with Gasteiger partial charge in [0.05, 0.1) is 12.6 Å². The fourth-order valence-electron chi connectivity index (χ4n) is 2.55. The van der Waals surface area contributed by atoms with E-state index in [0.717, 1.165) is 26.2 Å². The Balaban J connectivity index is 1.82. The maximum Gasteiger partial charge on any atom is 0.226 e. The molecule has 0 aliphatic carbocycles. The molecule has 3 unspecified atom stereocenters. The highest BCUT2D eigenvalue weighted by molar-refractivity contribution is 5.80. The van der Waals surface area contributed by atoms with Crippen molar-refractivity contribution < 1.29 is 4.79 Å². The summed E-state index contributed by atoms with van der Waals surface area (Å²) >= 11 is 0. The maximum absolute atomic E-state index is 11.6. The predicted octanol–water partition coefficient (Wildman–Crippen LogP) is -2.25. The van der Waals surface area contributed by atoms with Gasteiger partial charge in [-0.2, -0.15) is 0 Å². The second-order valence-corrected chi connectivity index (χ2v) is 4.01. The monoisotopic (exact) mass is 197 g/mol. The smallest absolute Gasteiger partial charge is 0.226 e. The van der Waals surface area contributed by atoms with Gasteiger partial charge in [-0.15, -0.1) is 0 Å². The number of rotatable bonds is 0. The van der Waals surface area contributed by atoms with Crippen molar-refractivity contribution in [2.75, 3.05) is 19.8 Å². The molecule has 0 aromatic rings. The molecule has 0 aromatic heterocycles. The van der Waals surface area contributed by atoms with Crippen LogP contribution in [-0.2, 0) is 4.79 Å². The van der Waals surface area contributed by atoms with Gasteiger partial charge in [-0.1, -0.05) is 0 Å². The first kappa shape index (κ1) is 8.60. The summed E-state index contributed by atoms with van der Waals surface area (Å²) in [7, 11) is 0. The summed E-state index contributed by atoms with van der Waals surface area (Å²) in [5, 5.41) is 11.6. The van der Waals surface area contributed by atoms with Crippen LogP contribution in [0.25, 0.3) is 0 Å². The lowest BCUT2D eigenvalue weighted by atomic mass is 9.90. The molecule has 3 aliphatic heterocycles. The Morgan fingerprint density at radius 1 is 1.36 bits per heavy atom. The number of hydrogen-bond donors (Lipinski definition) is 4. The van der Waals surface area contributed by atoms with Gasteiger partial charge in [0.1, 0.15) is 6.29 Å². The Morgan fingerprint density at radius 3 is 3.21 bits per heavy atom. The van der Waals surface area contributed by atoms with Gasteiger partial charge >= 0.3 is 0 Å². The SMILES string of the molecule is O=C1NCCC2C1CNC1NCNN12. The average Bonchev–Trinajstić information content (AvgIpc) is 2.66. The molecule has 0 aromatic carbocycles. The van der Waals surface area contributed by atoms with Crippen LogP contribution in [0, 0.1) is 5.92 Å². The molecule has 1 amide bonds. The van der Waals surface area contributed by atoms with E-state index in [4.69, 9.17) is 0 Å². The fraction of sp³-hybridized carbons (Fsp3) is 0.875. The average molecular weight is 197 g/mol. The maximum atomic E-state index is 11.6. The lowest BCUT2D eigenvalue weighted by Gasteiger charge is -2.44. The lowest BCUT2D eigenvalue weighted by molar-refractivity contribution is -0.133. The first-order valence-corrected chi connectivity index (χ1v) is 5.12. The quantitative estimate of drug-likeness (QED) is 0.353. The summed E-state index contributed by atoms with van der Waals surface area (Å²) in [6.07, 6.45) is 1.23. The number of hydrazine groups is 1. The standard InChI is InChI=1S/C8H15N5O/c14-7-5-3-10-8-11-4-12-13(8)6(5)1-2-9-7/h5-6,8,10-12H,1-4H2,(H,9,14). The summed E-state index contributed by atoms with van der Waals surface area (Å²) in [4.78, 5) is 11.6. The van der Waals surface area contributed by atoms with E-state index in [-0.39, 0.29) is 18.1 Å². The molecule has 3 fully saturated rings. The number of nitrogens with one attached hydrogen (secondary N) is 4. The highest BCUT2D eigenvalue weighted by Gasteiger charge is 2.44. The molecule has 6 nitrogen and oxygen atoms in total. The summed E-state index contributed by atoms with van der Waals surface area (Å²) < 4.78 is 0. The van der Waals surface area contributed by atoms with Crippen molar-refractivity contribution in [2.24, 2.45) is 5.92 Å². The third-order valence-electron chi connectivity index (χ3n) is 3.26. The van der Waals surface area contributed by atoms with Crippen LogP contribution in [-0.4, -0.2) is 43.0 Å². The van der Waals surface area contributed by atoms with E-state index in [2.05, 4.69) is 26.4 Å². The van der Waals surface area contributed by atoms with Crippen LogP contribution in [0.3, 0.4) is 0 Å². The summed E-state index contributed by atoms with van der Waals surface area (Å²) in [5.41, 5.74) is 3.26. The molecule has 3 rings (SSSR count). The van der Waals surface area contributed by atoms with E-state index in [9.17, 15) is 4.79 Å². The number of hydrogen-bond acceptors (Lipinski definition) is 5. The second-order valence-electron chi connectivity index (χ2n) is 4.01. The van der Waals surface area contributed by atoms with Crippen molar-refractivity contribution in [3.05, 3.63) is 0 Å². The Hall–Kier alpha value is -0.690. The zero-order chi connectivity index (χ0) is 9.54. The van der Waals surface area contributed by atoms with Gasteiger partial charge in [-0.25, -0.2) is 10.4 Å². The van der Waals surface area contributed by atoms with Gasteiger partial charge in [-0.3, -0.25) is 15.4 Å². The number of carbonyl (C=O) groups excluding carboxylic acids is 1. The van der Waals surface area contributed by atoms with Crippen LogP contribution >= 0.6 is 0 Å². The van der Waals surface area contributed by atoms with E-state index in [1.54, 1.807) is 0 Å². The van der Waals surface area contributed by atoms with Crippen LogP contribution in [0.1, 0.15) is 6.42 Å². The number of fused-ring (bicyclic) bond motifs is 3. The van der Waals surface area contributed by atoms with Crippen LogP contribution in [0.4, 0.5) is 0 Å². The Labute approximate surface area is 82.4 Å². The molecule has 6 heteroatoms. The molecule has 3 aliphatic rings. The highest BCUT2D eigenvalue weighted by Crippen LogP contribution is 2.23. The Kier molecular flexibility index (Phi) is 1.94. The van der Waals surface area contributed by atoms with Gasteiger partial charge in [0, 0.05) is 19.1 Å². The van der Waals surface area contributed by atoms with Crippen molar-refractivity contribution in [2.45, 2.75) is 18.8 Å². The molecule has 3 saturated heterocycles. The van der Waals surface area contributed by atoms with Crippen molar-refractivity contribution in [1.29, 1.82) is 0 Å². The predicted molar refractivity (Wildman–Crippen MR) is 49.7 cm³/mol. The normalized spacial score (nSPS) is 42.9. The lowest BCUT2D eigenvalue weighted by Crippen LogP contribution is -2.67. The van der Waals surface area contributed by atoms with Gasteiger partial charge in [0.25, 0.3) is 0 Å². The number of amides is 1. The molecule has 0 radical (unpaired) electrons. The molecule has 14 heavy (non-hydrogen) atoms. The first-order chi connectivity index (χ1) is 6.86. The molecule has 0 spiro atoms. The van der Waals surface area contributed by atoms with Gasteiger partial charge in [0.2, 0.25) is 5.91 Å². The van der Waals surface area contributed by atoms with Crippen LogP contribution in [0.15, 0.2) is 0 Å². The van der Waals surface area contributed by atoms with Crippen molar-refractivity contribution in [3.63, 3.8) is 0 Å². The minimum atomic E-state index is 0.0902. The minimum absolute atomic E-state index is 0.0902. The third-order valence-corrected chi connectivity index (χ3v) is 3.26. The minimum Gasteiger partial charge on any atom is -0.356 e. The third kappa shape index (κ3) is 1.15. The summed E-state index contributed by atoms with van der Waals surface area (Å²) in [6, 6.07) is 0.338. The molecule has 3 heterocycles. The summed E-state index contributed by atoms with van der Waals surface area (Å²) in [6.45, 7) is 2.35. The van der Waals surface area contributed by atoms with E-state index in [0.29, 0.717) is 6.04 Å². The van der Waals surface area contributed by atoms with Crippen molar-refractivity contribution in [1.82, 2.24) is 26.4 Å². The summed E-state index contributed by atoms with van der Waals surface area (Å²) in [5.74, 6) is 0.272. The van der Waals surface area contributed by atoms with E-state index < -0.39 is 0 Å². The fourth-order valence-corrected chi connectivity index (χ4v) is 2.55. The number of nitrogens with zero attached hydrogens (tertiary/aromatic N) is 1. The highest BCUT2D eigenvalue weighted by atomic mass is 16.2. The van der Waals surface area contributed by atoms with Crippen LogP contribution < -0.4 is 21.4 Å². The molecule has 4 N–H and O–H groups in total. The largest absolute Gasteiger partial charge is 0.356 e. The molecule has 78 valence electrons. The molecular weight excluding hydrogens is 182 g/mol. The molecule has 0 bridgehead atoms. The number of piperidine rings is 1. The Morgan fingerprint density at radius 2 is 2.29 bits per heavy atom. The second kappa shape index (κ2) is 3.16. The van der Waals surface area contributed by atoms with Crippen LogP contribution in [0.5, 0.6) is 0 Å². The topological polar surface area (TPSA) is 68.4 Å². The van der Waals surface area contributed by atoms with Gasteiger partial charge < -0.3 is 5.32 Å². The first-order valence-electron chi connectivity index (χ1n) is 5.12. The molecule has 3 atom stereocenters. The zero-order valence-corrected chi connectivity index (χ0v) is 7.92. The van der Waals surface area contributed by atoms with Crippen molar-refractivity contribution >= 4 is 5.91 Å². The molecular formula is C8H15N5O.